The van der Waals surface area contributed by atoms with Gasteiger partial charge < -0.3 is 5.11 Å². The van der Waals surface area contributed by atoms with E-state index in [9.17, 15) is 43.2 Å². The number of hydrogen-bond acceptors (Lipinski definition) is 9. The Bertz CT molecular complexity index is 2400. The van der Waals surface area contributed by atoms with Gasteiger partial charge in [-0.1, -0.05) is 63.7 Å². The van der Waals surface area contributed by atoms with Crippen LogP contribution in [-0.4, -0.2) is 106 Å². The average Bonchev–Trinajstić information content (AvgIpc) is 3.81. The summed E-state index contributed by atoms with van der Waals surface area (Å²) in [7, 11) is 5.85. The van der Waals surface area contributed by atoms with Crippen molar-refractivity contribution in [2.75, 3.05) is 28.2 Å². The number of benzene rings is 5. The Balaban J connectivity index is 0.000000187. The fraction of sp³-hybridized carbons (Fsp3) is 0.188. The summed E-state index contributed by atoms with van der Waals surface area (Å²) in [5.41, 5.74) is 7.02. The lowest BCUT2D eigenvalue weighted by Crippen LogP contribution is -2.24. The number of imide groups is 4. The number of aromatic carboxylic acids is 1. The smallest absolute Gasteiger partial charge is 0.335 e. The van der Waals surface area contributed by atoms with Crippen LogP contribution < -0.4 is 0 Å². The summed E-state index contributed by atoms with van der Waals surface area (Å²) >= 11 is 0. The molecule has 0 fully saturated rings. The van der Waals surface area contributed by atoms with Gasteiger partial charge in [-0.15, -0.1) is 0 Å². The minimum absolute atomic E-state index is 0. The van der Waals surface area contributed by atoms with E-state index < -0.39 is 5.97 Å². The first-order valence-corrected chi connectivity index (χ1v) is 19.2. The van der Waals surface area contributed by atoms with Crippen molar-refractivity contribution >= 4 is 53.2 Å². The predicted molar refractivity (Wildman–Crippen MR) is 229 cm³/mol. The molecule has 0 bridgehead atoms. The van der Waals surface area contributed by atoms with Gasteiger partial charge in [-0.25, -0.2) is 4.79 Å². The molecule has 14 nitrogen and oxygen atoms in total. The van der Waals surface area contributed by atoms with Crippen molar-refractivity contribution in [3.8, 4) is 0 Å². The molecular formula is C48H44N4O10. The molecule has 0 aliphatic carbocycles. The maximum atomic E-state index is 12.1. The maximum Gasteiger partial charge on any atom is 0.335 e. The van der Waals surface area contributed by atoms with Gasteiger partial charge in [-0.05, 0) is 95.8 Å². The van der Waals surface area contributed by atoms with E-state index in [0.717, 1.165) is 41.9 Å². The lowest BCUT2D eigenvalue weighted by atomic mass is 9.98. The van der Waals surface area contributed by atoms with Gasteiger partial charge >= 0.3 is 5.97 Å². The van der Waals surface area contributed by atoms with Gasteiger partial charge in [0.25, 0.3) is 47.3 Å². The van der Waals surface area contributed by atoms with Crippen LogP contribution in [0.1, 0.15) is 137 Å². The first-order valence-electron chi connectivity index (χ1n) is 19.2. The summed E-state index contributed by atoms with van der Waals surface area (Å²) in [5.74, 6) is -3.29. The first kappa shape index (κ1) is 45.2. The molecule has 4 aliphatic rings. The topological polar surface area (TPSA) is 187 Å². The Labute approximate surface area is 358 Å². The second kappa shape index (κ2) is 18.2. The van der Waals surface area contributed by atoms with Gasteiger partial charge in [-0.3, -0.25) is 58.0 Å². The number of amides is 8. The normalized spacial score (nSPS) is 14.2. The lowest BCUT2D eigenvalue weighted by molar-refractivity contribution is 0.0677. The van der Waals surface area contributed by atoms with E-state index in [1.165, 1.54) is 28.2 Å². The quantitative estimate of drug-likeness (QED) is 0.192. The molecule has 0 saturated heterocycles. The predicted octanol–water partition coefficient (Wildman–Crippen LogP) is 6.51. The third-order valence-electron chi connectivity index (χ3n) is 10.5. The Morgan fingerprint density at radius 1 is 0.387 bits per heavy atom. The zero-order valence-electron chi connectivity index (χ0n) is 34.1. The highest BCUT2D eigenvalue weighted by atomic mass is 16.4. The van der Waals surface area contributed by atoms with Crippen LogP contribution in [-0.2, 0) is 12.8 Å². The molecule has 0 radical (unpaired) electrons. The summed E-state index contributed by atoms with van der Waals surface area (Å²) in [6.45, 7) is 4.00. The molecule has 4 heterocycles. The summed E-state index contributed by atoms with van der Waals surface area (Å²) in [4.78, 5) is 111. The highest BCUT2D eigenvalue weighted by Gasteiger charge is 2.36. The molecule has 0 saturated carbocycles. The van der Waals surface area contributed by atoms with Gasteiger partial charge in [0.15, 0.2) is 0 Å². The number of carboxylic acid groups (broad SMARTS) is 1. The second-order valence-electron chi connectivity index (χ2n) is 14.2. The fourth-order valence-electron chi connectivity index (χ4n) is 7.13. The van der Waals surface area contributed by atoms with Crippen LogP contribution in [0.3, 0.4) is 0 Å². The van der Waals surface area contributed by atoms with Crippen molar-refractivity contribution in [3.05, 3.63) is 175 Å². The third kappa shape index (κ3) is 8.30. The molecule has 5 aromatic carbocycles. The number of rotatable bonds is 5. The molecule has 0 unspecified atom stereocenters. The van der Waals surface area contributed by atoms with Gasteiger partial charge in [0, 0.05) is 28.2 Å². The molecule has 4 aliphatic heterocycles. The van der Waals surface area contributed by atoms with E-state index in [0.29, 0.717) is 62.9 Å². The Kier molecular flexibility index (Phi) is 13.3. The summed E-state index contributed by atoms with van der Waals surface area (Å²) in [6.07, 6.45) is 0.994. The third-order valence-corrected chi connectivity index (χ3v) is 10.5. The molecule has 14 heteroatoms. The Morgan fingerprint density at radius 2 is 0.613 bits per heavy atom. The molecular weight excluding hydrogens is 793 g/mol. The van der Waals surface area contributed by atoms with Crippen LogP contribution in [0.15, 0.2) is 103 Å². The molecule has 0 atom stereocenters. The van der Waals surface area contributed by atoms with Crippen LogP contribution in [0.25, 0.3) is 0 Å². The summed E-state index contributed by atoms with van der Waals surface area (Å²) in [5, 5.41) is 8.38. The van der Waals surface area contributed by atoms with E-state index in [1.54, 1.807) is 103 Å². The Morgan fingerprint density at radius 3 is 0.823 bits per heavy atom. The van der Waals surface area contributed by atoms with E-state index in [2.05, 4.69) is 0 Å². The molecule has 0 spiro atoms. The van der Waals surface area contributed by atoms with Gasteiger partial charge in [0.05, 0.1) is 50.1 Å². The molecule has 0 aromatic heterocycles. The van der Waals surface area contributed by atoms with Crippen LogP contribution in [0, 0.1) is 0 Å². The highest BCUT2D eigenvalue weighted by Crippen LogP contribution is 2.28. The monoisotopic (exact) mass is 836 g/mol. The lowest BCUT2D eigenvalue weighted by Gasteiger charge is -2.05. The number of fused-ring (bicyclic) bond motifs is 4. The number of hydrogen-bond donors (Lipinski definition) is 1. The van der Waals surface area contributed by atoms with Crippen LogP contribution in [0.5, 0.6) is 0 Å². The van der Waals surface area contributed by atoms with Gasteiger partial charge in [0.1, 0.15) is 0 Å². The second-order valence-corrected chi connectivity index (χ2v) is 14.2. The zero-order chi connectivity index (χ0) is 44.4. The van der Waals surface area contributed by atoms with Crippen LogP contribution in [0.2, 0.25) is 0 Å². The van der Waals surface area contributed by atoms with Crippen molar-refractivity contribution in [2.45, 2.75) is 34.1 Å². The highest BCUT2D eigenvalue weighted by molar-refractivity contribution is 6.23. The fourth-order valence-corrected chi connectivity index (χ4v) is 7.13. The van der Waals surface area contributed by atoms with Crippen molar-refractivity contribution < 1.29 is 48.3 Å². The number of carbonyl (C=O) groups is 9. The van der Waals surface area contributed by atoms with Gasteiger partial charge in [0.2, 0.25) is 0 Å². The summed E-state index contributed by atoms with van der Waals surface area (Å²) < 4.78 is 0. The van der Waals surface area contributed by atoms with E-state index >= 15 is 0 Å². The van der Waals surface area contributed by atoms with Crippen molar-refractivity contribution in [1.29, 1.82) is 0 Å². The zero-order valence-corrected chi connectivity index (χ0v) is 34.1. The molecule has 62 heavy (non-hydrogen) atoms. The van der Waals surface area contributed by atoms with Crippen molar-refractivity contribution in [3.63, 3.8) is 0 Å². The molecule has 1 N–H and O–H groups in total. The molecule has 8 amide bonds. The van der Waals surface area contributed by atoms with Crippen LogP contribution in [0.4, 0.5) is 0 Å². The van der Waals surface area contributed by atoms with Crippen LogP contribution >= 0.6 is 0 Å². The number of carboxylic acids is 1. The van der Waals surface area contributed by atoms with E-state index in [-0.39, 0.29) is 54.7 Å². The SMILES string of the molecule is C.CC.CN1C(=O)c2ccc(Cc3ccc4c(c3)C(=O)N(C)C4=O)cc2C1=O.CN1C(=O)c2ccc(Cc3ccc4c(c3)C(=O)N(C)C4=O)cc2C1=O.O=C(O)c1ccccc1. The van der Waals surface area contributed by atoms with Crippen molar-refractivity contribution in [1.82, 2.24) is 19.6 Å². The minimum Gasteiger partial charge on any atom is -0.478 e. The Hall–Kier alpha value is -7.87. The first-order chi connectivity index (χ1) is 29.1. The van der Waals surface area contributed by atoms with Gasteiger partial charge in [-0.2, -0.15) is 0 Å². The molecule has 9 rings (SSSR count). The molecule has 316 valence electrons. The number of nitrogens with zero attached hydrogens (tertiary/aromatic N) is 4. The average molecular weight is 837 g/mol. The summed E-state index contributed by atoms with van der Waals surface area (Å²) in [6, 6.07) is 29.0. The number of carbonyl (C=O) groups excluding carboxylic acids is 8. The maximum absolute atomic E-state index is 12.1. The largest absolute Gasteiger partial charge is 0.478 e. The van der Waals surface area contributed by atoms with E-state index in [4.69, 9.17) is 5.11 Å². The molecule has 5 aromatic rings. The van der Waals surface area contributed by atoms with Crippen molar-refractivity contribution in [2.24, 2.45) is 0 Å². The van der Waals surface area contributed by atoms with E-state index in [1.807, 2.05) is 13.8 Å². The minimum atomic E-state index is -0.879. The standard InChI is InChI=1S/2C19H14N2O4.C7H6O2.C2H6.CH4/c2*1-20-16(22)12-5-3-10(8-14(12)18(20)24)7-11-4-6-13-15(9-11)19(25)21(2)17(13)23;8-7(9)6-4-2-1-3-5-6;1-2;/h2*3-6,8-9H,7H2,1-2H3;1-5H,(H,8,9);1-2H3;1H4.